The Balaban J connectivity index is 1.42. The molecule has 160 valence electrons. The lowest BCUT2D eigenvalue weighted by Gasteiger charge is -2.48. The zero-order valence-corrected chi connectivity index (χ0v) is 18.4. The van der Waals surface area contributed by atoms with E-state index in [0.717, 1.165) is 37.2 Å². The van der Waals surface area contributed by atoms with Gasteiger partial charge in [-0.25, -0.2) is 0 Å². The van der Waals surface area contributed by atoms with Gasteiger partial charge in [0.15, 0.2) is 0 Å². The lowest BCUT2D eigenvalue weighted by atomic mass is 9.74. The highest BCUT2D eigenvalue weighted by molar-refractivity contribution is 7.16. The van der Waals surface area contributed by atoms with Crippen LogP contribution in [0.1, 0.15) is 41.1 Å². The molecular weight excluding hydrogens is 414 g/mol. The number of hydrogen-bond acceptors (Lipinski definition) is 10. The summed E-state index contributed by atoms with van der Waals surface area (Å²) in [5, 5.41) is 17.3. The van der Waals surface area contributed by atoms with Gasteiger partial charge in [-0.1, -0.05) is 0 Å². The average molecular weight is 438 g/mol. The number of hydrogen-bond donors (Lipinski definition) is 2. The van der Waals surface area contributed by atoms with E-state index < -0.39 is 0 Å². The third-order valence-electron chi connectivity index (χ3n) is 6.39. The second-order valence-corrected chi connectivity index (χ2v) is 9.25. The number of anilines is 3. The van der Waals surface area contributed by atoms with E-state index in [-0.39, 0.29) is 17.5 Å². The Hall–Kier alpha value is -3.39. The van der Waals surface area contributed by atoms with E-state index in [1.54, 1.807) is 24.6 Å². The Morgan fingerprint density at radius 1 is 1.39 bits per heavy atom. The van der Waals surface area contributed by atoms with Gasteiger partial charge in [-0.3, -0.25) is 5.10 Å². The van der Waals surface area contributed by atoms with Crippen LogP contribution in [0.4, 0.5) is 16.9 Å². The number of aryl methyl sites for hydroxylation is 1. The summed E-state index contributed by atoms with van der Waals surface area (Å²) in [6, 6.07) is 4.51. The fourth-order valence-electron chi connectivity index (χ4n) is 4.57. The molecule has 1 atom stereocenters. The zero-order chi connectivity index (χ0) is 21.8. The van der Waals surface area contributed by atoms with E-state index in [0.29, 0.717) is 22.5 Å². The van der Waals surface area contributed by atoms with Crippen LogP contribution in [0.15, 0.2) is 12.3 Å². The van der Waals surface area contributed by atoms with Gasteiger partial charge in [0.05, 0.1) is 24.4 Å². The zero-order valence-electron chi connectivity index (χ0n) is 17.6. The second-order valence-electron chi connectivity index (χ2n) is 8.11. The molecule has 5 rings (SSSR count). The third-order valence-corrected chi connectivity index (χ3v) is 7.47. The molecule has 1 spiro atoms. The molecule has 0 aromatic carbocycles. The molecule has 1 unspecified atom stereocenters. The Morgan fingerprint density at radius 2 is 2.19 bits per heavy atom. The van der Waals surface area contributed by atoms with Crippen molar-refractivity contribution in [3.8, 4) is 12.1 Å². The van der Waals surface area contributed by atoms with Crippen molar-refractivity contribution in [1.29, 1.82) is 5.26 Å². The van der Waals surface area contributed by atoms with E-state index in [2.05, 4.69) is 31.1 Å². The average Bonchev–Trinajstić information content (AvgIpc) is 3.47. The predicted molar refractivity (Wildman–Crippen MR) is 117 cm³/mol. The molecule has 0 amide bonds. The van der Waals surface area contributed by atoms with E-state index in [1.807, 2.05) is 24.9 Å². The predicted octanol–water partition coefficient (Wildman–Crippen LogP) is 2.02. The summed E-state index contributed by atoms with van der Waals surface area (Å²) in [4.78, 5) is 19.0. The van der Waals surface area contributed by atoms with E-state index >= 15 is 0 Å². The molecule has 1 aliphatic heterocycles. The van der Waals surface area contributed by atoms with Crippen molar-refractivity contribution in [3.05, 3.63) is 34.0 Å². The first-order valence-corrected chi connectivity index (χ1v) is 10.9. The highest BCUT2D eigenvalue weighted by atomic mass is 32.1. The van der Waals surface area contributed by atoms with Gasteiger partial charge in [-0.05, 0) is 31.4 Å². The topological polar surface area (TPSA) is 133 Å². The molecular formula is C20H23N9OS. The number of fused-ring (bicyclic) bond motifs is 2. The van der Waals surface area contributed by atoms with Crippen molar-refractivity contribution < 1.29 is 4.74 Å². The summed E-state index contributed by atoms with van der Waals surface area (Å²) in [6.07, 6.45) is 3.71. The largest absolute Gasteiger partial charge is 0.467 e. The normalized spacial score (nSPS) is 17.2. The number of methoxy groups -OCH3 is 1. The first-order chi connectivity index (χ1) is 15.0. The van der Waals surface area contributed by atoms with Crippen LogP contribution in [0.25, 0.3) is 0 Å². The van der Waals surface area contributed by atoms with Crippen LogP contribution in [0.2, 0.25) is 0 Å². The number of rotatable bonds is 5. The first-order valence-electron chi connectivity index (χ1n) is 10.0. The Morgan fingerprint density at radius 3 is 2.87 bits per heavy atom. The molecule has 3 aromatic heterocycles. The number of nitrogens with zero attached hydrogens (tertiary/aromatic N) is 7. The Kier molecular flexibility index (Phi) is 4.48. The molecule has 0 saturated carbocycles. The van der Waals surface area contributed by atoms with Crippen LogP contribution in [0.3, 0.4) is 0 Å². The summed E-state index contributed by atoms with van der Waals surface area (Å²) in [6.45, 7) is 3.54. The minimum atomic E-state index is -0.0519. The minimum absolute atomic E-state index is 0.00505. The molecule has 1 aliphatic carbocycles. The molecule has 11 heteroatoms. The number of ether oxygens (including phenoxy) is 1. The van der Waals surface area contributed by atoms with Crippen molar-refractivity contribution in [2.45, 2.75) is 31.2 Å². The van der Waals surface area contributed by atoms with Gasteiger partial charge in [0.2, 0.25) is 11.9 Å². The van der Waals surface area contributed by atoms with Crippen LogP contribution >= 0.6 is 11.3 Å². The lowest BCUT2D eigenvalue weighted by molar-refractivity contribution is 0.320. The number of aromatic nitrogens is 5. The summed E-state index contributed by atoms with van der Waals surface area (Å²) in [7, 11) is 3.48. The van der Waals surface area contributed by atoms with Crippen LogP contribution < -0.4 is 20.3 Å². The van der Waals surface area contributed by atoms with Crippen molar-refractivity contribution in [3.63, 3.8) is 0 Å². The molecule has 3 N–H and O–H groups in total. The number of nitrogens with one attached hydrogen (secondary N) is 1. The molecule has 31 heavy (non-hydrogen) atoms. The fourth-order valence-corrected chi connectivity index (χ4v) is 5.71. The van der Waals surface area contributed by atoms with Crippen molar-refractivity contribution in [2.75, 3.05) is 42.8 Å². The third kappa shape index (κ3) is 2.97. The van der Waals surface area contributed by atoms with Gasteiger partial charge in [0.25, 0.3) is 0 Å². The number of nitrogen functional groups attached to an aromatic ring is 1. The first kappa shape index (κ1) is 19.6. The molecule has 10 nitrogen and oxygen atoms in total. The quantitative estimate of drug-likeness (QED) is 0.615. The summed E-state index contributed by atoms with van der Waals surface area (Å²) in [5.41, 5.74) is 8.79. The monoisotopic (exact) mass is 437 g/mol. The Labute approximate surface area is 183 Å². The lowest BCUT2D eigenvalue weighted by Crippen LogP contribution is -2.59. The molecule has 0 bridgehead atoms. The molecule has 1 fully saturated rings. The van der Waals surface area contributed by atoms with Crippen LogP contribution in [-0.4, -0.2) is 52.4 Å². The maximum atomic E-state index is 9.60. The highest BCUT2D eigenvalue weighted by Gasteiger charge is 2.52. The maximum absolute atomic E-state index is 9.60. The number of thiophene rings is 1. The summed E-state index contributed by atoms with van der Waals surface area (Å²) < 4.78 is 5.35. The number of nitriles is 1. The second kappa shape index (κ2) is 7.09. The van der Waals surface area contributed by atoms with Gasteiger partial charge in [0.1, 0.15) is 11.1 Å². The highest BCUT2D eigenvalue weighted by Crippen LogP contribution is 2.52. The van der Waals surface area contributed by atoms with E-state index in [1.165, 1.54) is 4.88 Å². The number of aromatic amines is 1. The van der Waals surface area contributed by atoms with Gasteiger partial charge in [-0.2, -0.15) is 25.3 Å². The summed E-state index contributed by atoms with van der Waals surface area (Å²) in [5.74, 6) is 1.10. The summed E-state index contributed by atoms with van der Waals surface area (Å²) >= 11 is 1.55. The molecule has 0 radical (unpaired) electrons. The molecule has 2 aliphatic rings. The molecule has 4 heterocycles. The van der Waals surface area contributed by atoms with Gasteiger partial charge in [-0.15, -0.1) is 11.3 Å². The Bertz CT molecular complexity index is 1160. The fraction of sp³-hybridized carbons (Fsp3) is 0.450. The van der Waals surface area contributed by atoms with E-state index in [4.69, 9.17) is 15.5 Å². The molecule has 1 saturated heterocycles. The van der Waals surface area contributed by atoms with Crippen molar-refractivity contribution in [1.82, 2.24) is 25.1 Å². The van der Waals surface area contributed by atoms with Crippen LogP contribution in [-0.2, 0) is 11.8 Å². The van der Waals surface area contributed by atoms with E-state index in [9.17, 15) is 5.26 Å². The SMILES string of the molecule is COc1nc(N2CC3(CCc4sc(N)c(C#N)c43)C2)nc(N(C)C(C)c2ccn[nH]2)n1. The van der Waals surface area contributed by atoms with Gasteiger partial charge >= 0.3 is 6.01 Å². The maximum Gasteiger partial charge on any atom is 0.322 e. The van der Waals surface area contributed by atoms with Gasteiger partial charge < -0.3 is 20.3 Å². The minimum Gasteiger partial charge on any atom is -0.467 e. The molecule has 3 aromatic rings. The van der Waals surface area contributed by atoms with Gasteiger partial charge in [0, 0.05) is 36.6 Å². The standard InChI is InChI=1S/C20H23N9OS/c1-11(13-5-7-23-27-13)28(2)17-24-18(26-19(25-17)30-3)29-9-20(10-29)6-4-14-15(20)12(8-21)16(22)31-14/h5,7,11H,4,6,9-10,22H2,1-3H3,(H,23,27). The van der Waals surface area contributed by atoms with Crippen LogP contribution in [0.5, 0.6) is 6.01 Å². The van der Waals surface area contributed by atoms with Crippen molar-refractivity contribution in [2.24, 2.45) is 0 Å². The number of H-pyrrole nitrogens is 1. The number of nitrogens with two attached hydrogens (primary N) is 1. The van der Waals surface area contributed by atoms with Crippen LogP contribution in [0, 0.1) is 11.3 Å². The van der Waals surface area contributed by atoms with Crippen molar-refractivity contribution >= 4 is 28.2 Å². The smallest absolute Gasteiger partial charge is 0.322 e.